The molecule has 0 unspecified atom stereocenters. The van der Waals surface area contributed by atoms with E-state index in [9.17, 15) is 4.79 Å². The number of rotatable bonds is 1. The lowest BCUT2D eigenvalue weighted by molar-refractivity contribution is -0.115. The van der Waals surface area contributed by atoms with Gasteiger partial charge in [0.05, 0.1) is 4.83 Å². The molecule has 1 heterocycles. The van der Waals surface area contributed by atoms with Crippen molar-refractivity contribution in [3.63, 3.8) is 0 Å². The second-order valence-electron chi connectivity index (χ2n) is 4.89. The number of hydrogen-bond donors (Lipinski definition) is 1. The Balaban J connectivity index is 2.12. The second-order valence-corrected chi connectivity index (χ2v) is 6.43. The molecule has 102 valence electrons. The molecule has 0 aliphatic carbocycles. The maximum atomic E-state index is 12.1. The maximum Gasteiger partial charge on any atom is 0.238 e. The average Bonchev–Trinajstić information content (AvgIpc) is 2.57. The summed E-state index contributed by atoms with van der Waals surface area (Å²) in [5, 5.41) is 3.57. The first-order valence-corrected chi connectivity index (χ1v) is 7.74. The van der Waals surface area contributed by atoms with Crippen LogP contribution in [0.3, 0.4) is 0 Å². The Labute approximate surface area is 131 Å². The van der Waals surface area contributed by atoms with Crippen LogP contribution in [0.15, 0.2) is 48.5 Å². The van der Waals surface area contributed by atoms with Gasteiger partial charge in [-0.3, -0.25) is 4.79 Å². The zero-order valence-electron chi connectivity index (χ0n) is 10.6. The van der Waals surface area contributed by atoms with Crippen molar-refractivity contribution in [1.82, 2.24) is 0 Å². The molecule has 0 bridgehead atoms. The number of amides is 1. The minimum atomic E-state index is -0.209. The molecule has 2 nitrogen and oxygen atoms in total. The largest absolute Gasteiger partial charge is 0.325 e. The number of fused-ring (bicyclic) bond motifs is 1. The minimum Gasteiger partial charge on any atom is -0.325 e. The standard InChI is InChI=1S/C16H13BrClNO/c17-14-9-13(10-4-2-1-3-5-10)12-7-6-11(18)8-15(12)19-16(14)20/h1-8,13-14H,9H2,(H,19,20)/t13-,14-/m1/s1. The summed E-state index contributed by atoms with van der Waals surface area (Å²) in [5.41, 5.74) is 3.12. The number of hydrogen-bond acceptors (Lipinski definition) is 1. The van der Waals surface area contributed by atoms with Crippen molar-refractivity contribution in [2.75, 3.05) is 5.32 Å². The second kappa shape index (κ2) is 5.58. The van der Waals surface area contributed by atoms with Crippen LogP contribution in [0.5, 0.6) is 0 Å². The molecule has 2 atom stereocenters. The van der Waals surface area contributed by atoms with Crippen LogP contribution in [-0.2, 0) is 4.79 Å². The van der Waals surface area contributed by atoms with Crippen molar-refractivity contribution in [3.8, 4) is 0 Å². The number of carbonyl (C=O) groups excluding carboxylic acids is 1. The molecular weight excluding hydrogens is 338 g/mol. The zero-order valence-corrected chi connectivity index (χ0v) is 13.0. The molecule has 2 aromatic rings. The summed E-state index contributed by atoms with van der Waals surface area (Å²) in [4.78, 5) is 11.9. The average molecular weight is 351 g/mol. The van der Waals surface area contributed by atoms with Gasteiger partial charge in [-0.15, -0.1) is 0 Å². The van der Waals surface area contributed by atoms with Gasteiger partial charge in [0.2, 0.25) is 5.91 Å². The number of alkyl halides is 1. The highest BCUT2D eigenvalue weighted by atomic mass is 79.9. The van der Waals surface area contributed by atoms with Crippen molar-refractivity contribution in [2.45, 2.75) is 17.2 Å². The van der Waals surface area contributed by atoms with Crippen molar-refractivity contribution >= 4 is 39.1 Å². The number of carbonyl (C=O) groups is 1. The summed E-state index contributed by atoms with van der Waals surface area (Å²) in [6.07, 6.45) is 0.727. The molecule has 0 saturated carbocycles. The van der Waals surface area contributed by atoms with E-state index in [4.69, 9.17) is 11.6 Å². The van der Waals surface area contributed by atoms with E-state index in [1.165, 1.54) is 5.56 Å². The Morgan fingerprint density at radius 3 is 2.65 bits per heavy atom. The molecular formula is C16H13BrClNO. The van der Waals surface area contributed by atoms with Gasteiger partial charge in [-0.25, -0.2) is 0 Å². The van der Waals surface area contributed by atoms with Gasteiger partial charge in [0.25, 0.3) is 0 Å². The summed E-state index contributed by atoms with van der Waals surface area (Å²) < 4.78 is 0. The van der Waals surface area contributed by atoms with E-state index >= 15 is 0 Å². The van der Waals surface area contributed by atoms with Crippen LogP contribution < -0.4 is 5.32 Å². The van der Waals surface area contributed by atoms with E-state index in [0.29, 0.717) is 5.02 Å². The van der Waals surface area contributed by atoms with E-state index in [0.717, 1.165) is 17.7 Å². The predicted molar refractivity (Wildman–Crippen MR) is 85.7 cm³/mol. The Bertz CT molecular complexity index is 644. The van der Waals surface area contributed by atoms with E-state index in [2.05, 4.69) is 33.4 Å². The highest BCUT2D eigenvalue weighted by Gasteiger charge is 2.29. The molecule has 2 aromatic carbocycles. The third-order valence-corrected chi connectivity index (χ3v) is 4.60. The Morgan fingerprint density at radius 1 is 1.15 bits per heavy atom. The number of nitrogens with one attached hydrogen (secondary N) is 1. The van der Waals surface area contributed by atoms with Gasteiger partial charge in [0, 0.05) is 16.6 Å². The highest BCUT2D eigenvalue weighted by Crippen LogP contribution is 2.39. The number of benzene rings is 2. The molecule has 1 aliphatic rings. The molecule has 4 heteroatoms. The SMILES string of the molecule is O=C1Nc2cc(Cl)ccc2[C@@H](c2ccccc2)C[C@H]1Br. The smallest absolute Gasteiger partial charge is 0.238 e. The fourth-order valence-electron chi connectivity index (χ4n) is 2.59. The minimum absolute atomic E-state index is 0.0213. The molecule has 0 radical (unpaired) electrons. The monoisotopic (exact) mass is 349 g/mol. The molecule has 0 fully saturated rings. The van der Waals surface area contributed by atoms with Crippen LogP contribution >= 0.6 is 27.5 Å². The number of halogens is 2. The first kappa shape index (κ1) is 13.7. The first-order chi connectivity index (χ1) is 9.65. The quantitative estimate of drug-likeness (QED) is 0.750. The maximum absolute atomic E-state index is 12.1. The van der Waals surface area contributed by atoms with Crippen molar-refractivity contribution in [1.29, 1.82) is 0 Å². The molecule has 1 aliphatic heterocycles. The lowest BCUT2D eigenvalue weighted by Gasteiger charge is -2.18. The van der Waals surface area contributed by atoms with Gasteiger partial charge in [0.1, 0.15) is 0 Å². The van der Waals surface area contributed by atoms with Gasteiger partial charge in [-0.05, 0) is 29.7 Å². The van der Waals surface area contributed by atoms with Crippen molar-refractivity contribution in [2.24, 2.45) is 0 Å². The van der Waals surface area contributed by atoms with Gasteiger partial charge in [-0.2, -0.15) is 0 Å². The fourth-order valence-corrected chi connectivity index (χ4v) is 3.25. The molecule has 0 saturated heterocycles. The fraction of sp³-hybridized carbons (Fsp3) is 0.188. The van der Waals surface area contributed by atoms with Gasteiger partial charge < -0.3 is 5.32 Å². The molecule has 0 aromatic heterocycles. The van der Waals surface area contributed by atoms with Crippen LogP contribution in [-0.4, -0.2) is 10.7 Å². The van der Waals surface area contributed by atoms with Crippen LogP contribution in [0.2, 0.25) is 5.02 Å². The Morgan fingerprint density at radius 2 is 1.90 bits per heavy atom. The summed E-state index contributed by atoms with van der Waals surface area (Å²) in [7, 11) is 0. The summed E-state index contributed by atoms with van der Waals surface area (Å²) in [5.74, 6) is 0.152. The summed E-state index contributed by atoms with van der Waals surface area (Å²) in [6.45, 7) is 0. The Hall–Kier alpha value is -1.32. The normalized spacial score (nSPS) is 21.8. The lowest BCUT2D eigenvalue weighted by atomic mass is 9.87. The topological polar surface area (TPSA) is 29.1 Å². The van der Waals surface area contributed by atoms with E-state index in [-0.39, 0.29) is 16.7 Å². The van der Waals surface area contributed by atoms with E-state index in [1.54, 1.807) is 0 Å². The van der Waals surface area contributed by atoms with E-state index < -0.39 is 0 Å². The number of anilines is 1. The summed E-state index contributed by atoms with van der Waals surface area (Å²) in [6, 6.07) is 15.9. The van der Waals surface area contributed by atoms with Gasteiger partial charge in [-0.1, -0.05) is 63.9 Å². The van der Waals surface area contributed by atoms with E-state index in [1.807, 2.05) is 36.4 Å². The third kappa shape index (κ3) is 2.60. The third-order valence-electron chi connectivity index (χ3n) is 3.58. The highest BCUT2D eigenvalue weighted by molar-refractivity contribution is 9.10. The van der Waals surface area contributed by atoms with Gasteiger partial charge in [0.15, 0.2) is 0 Å². The molecule has 1 N–H and O–H groups in total. The van der Waals surface area contributed by atoms with Crippen LogP contribution in [0, 0.1) is 0 Å². The van der Waals surface area contributed by atoms with Crippen molar-refractivity contribution in [3.05, 3.63) is 64.7 Å². The zero-order chi connectivity index (χ0) is 14.1. The molecule has 0 spiro atoms. The first-order valence-electron chi connectivity index (χ1n) is 6.44. The van der Waals surface area contributed by atoms with Gasteiger partial charge >= 0.3 is 0 Å². The molecule has 3 rings (SSSR count). The molecule has 20 heavy (non-hydrogen) atoms. The molecule has 1 amide bonds. The van der Waals surface area contributed by atoms with Crippen molar-refractivity contribution < 1.29 is 4.79 Å². The van der Waals surface area contributed by atoms with Crippen LogP contribution in [0.4, 0.5) is 5.69 Å². The lowest BCUT2D eigenvalue weighted by Crippen LogP contribution is -2.21. The Kier molecular flexibility index (Phi) is 3.81. The summed E-state index contributed by atoms with van der Waals surface area (Å²) >= 11 is 9.52. The van der Waals surface area contributed by atoms with Crippen LogP contribution in [0.1, 0.15) is 23.5 Å². The van der Waals surface area contributed by atoms with Crippen LogP contribution in [0.25, 0.3) is 0 Å². The predicted octanol–water partition coefficient (Wildman–Crippen LogP) is 4.58.